The standard InChI is InChI=1S/C14H18ClN5O/c1-7-11-12(19-18-7)9-5-8(15)6-10(17)13(9)20(14(11)21)4-2-3-16/h5-7,11,18H,2-4,16-17H2,1H3. The third-order valence-electron chi connectivity index (χ3n) is 3.95. The van der Waals surface area contributed by atoms with Gasteiger partial charge >= 0.3 is 0 Å². The number of hydrogen-bond acceptors (Lipinski definition) is 5. The molecule has 0 spiro atoms. The van der Waals surface area contributed by atoms with Gasteiger partial charge in [0.05, 0.1) is 23.1 Å². The van der Waals surface area contributed by atoms with Gasteiger partial charge in [0.1, 0.15) is 5.92 Å². The van der Waals surface area contributed by atoms with Gasteiger partial charge in [-0.15, -0.1) is 0 Å². The Morgan fingerprint density at radius 3 is 2.95 bits per heavy atom. The molecule has 2 aliphatic heterocycles. The number of carbonyl (C=O) groups is 1. The second kappa shape index (κ2) is 5.20. The highest BCUT2D eigenvalue weighted by Crippen LogP contribution is 2.40. The van der Waals surface area contributed by atoms with Gasteiger partial charge < -0.3 is 21.8 Å². The average Bonchev–Trinajstić information content (AvgIpc) is 2.82. The first kappa shape index (κ1) is 14.2. The first-order valence-electron chi connectivity index (χ1n) is 6.98. The van der Waals surface area contributed by atoms with Gasteiger partial charge in [-0.05, 0) is 32.0 Å². The Balaban J connectivity index is 2.16. The zero-order chi connectivity index (χ0) is 15.1. The summed E-state index contributed by atoms with van der Waals surface area (Å²) in [6.07, 6.45) is 0.717. The minimum absolute atomic E-state index is 0.0150. The van der Waals surface area contributed by atoms with E-state index < -0.39 is 0 Å². The lowest BCUT2D eigenvalue weighted by atomic mass is 9.85. The number of nitrogens with two attached hydrogens (primary N) is 2. The Morgan fingerprint density at radius 1 is 1.48 bits per heavy atom. The summed E-state index contributed by atoms with van der Waals surface area (Å²) in [5.41, 5.74) is 17.4. The van der Waals surface area contributed by atoms with Crippen LogP contribution in [0.4, 0.5) is 11.4 Å². The van der Waals surface area contributed by atoms with Crippen LogP contribution in [0.1, 0.15) is 18.9 Å². The predicted octanol–water partition coefficient (Wildman–Crippen LogP) is 0.930. The number of hydrogen-bond donors (Lipinski definition) is 3. The first-order chi connectivity index (χ1) is 10.0. The van der Waals surface area contributed by atoms with Crippen molar-refractivity contribution in [1.29, 1.82) is 0 Å². The van der Waals surface area contributed by atoms with E-state index in [4.69, 9.17) is 23.1 Å². The van der Waals surface area contributed by atoms with Crippen LogP contribution in [0.25, 0.3) is 0 Å². The molecule has 1 aromatic carbocycles. The summed E-state index contributed by atoms with van der Waals surface area (Å²) in [6, 6.07) is 3.44. The molecule has 2 heterocycles. The molecule has 0 aliphatic carbocycles. The molecule has 21 heavy (non-hydrogen) atoms. The van der Waals surface area contributed by atoms with E-state index in [-0.39, 0.29) is 17.9 Å². The van der Waals surface area contributed by atoms with Crippen LogP contribution in [-0.4, -0.2) is 30.8 Å². The Bertz CT molecular complexity index is 630. The molecule has 1 amide bonds. The van der Waals surface area contributed by atoms with Crippen LogP contribution in [0.5, 0.6) is 0 Å². The average molecular weight is 308 g/mol. The van der Waals surface area contributed by atoms with Crippen LogP contribution in [0, 0.1) is 5.92 Å². The number of amides is 1. The highest BCUT2D eigenvalue weighted by atomic mass is 35.5. The summed E-state index contributed by atoms with van der Waals surface area (Å²) in [5, 5.41) is 4.85. The number of hydrazone groups is 1. The SMILES string of the molecule is CC1NN=C2c3cc(Cl)cc(N)c3N(CCCN)C(=O)C21. The minimum atomic E-state index is -0.298. The van der Waals surface area contributed by atoms with Gasteiger partial charge in [-0.1, -0.05) is 11.6 Å². The number of nitrogen functional groups attached to an aromatic ring is 1. The second-order valence-corrected chi connectivity index (χ2v) is 5.85. The van der Waals surface area contributed by atoms with Gasteiger partial charge in [-0.25, -0.2) is 0 Å². The summed E-state index contributed by atoms with van der Waals surface area (Å²) in [6.45, 7) is 3.01. The molecule has 6 nitrogen and oxygen atoms in total. The molecule has 0 bridgehead atoms. The summed E-state index contributed by atoms with van der Waals surface area (Å²) < 4.78 is 0. The lowest BCUT2D eigenvalue weighted by Gasteiger charge is -2.35. The number of fused-ring (bicyclic) bond motifs is 3. The number of nitrogens with zero attached hydrogens (tertiary/aromatic N) is 2. The Kier molecular flexibility index (Phi) is 3.51. The molecule has 112 valence electrons. The normalized spacial score (nSPS) is 23.5. The smallest absolute Gasteiger partial charge is 0.238 e. The molecule has 0 saturated carbocycles. The fourth-order valence-electron chi connectivity index (χ4n) is 2.98. The fraction of sp³-hybridized carbons (Fsp3) is 0.429. The number of benzene rings is 1. The highest BCUT2D eigenvalue weighted by Gasteiger charge is 2.44. The van der Waals surface area contributed by atoms with Crippen LogP contribution >= 0.6 is 11.6 Å². The van der Waals surface area contributed by atoms with E-state index in [0.717, 1.165) is 11.3 Å². The molecule has 0 saturated heterocycles. The second-order valence-electron chi connectivity index (χ2n) is 5.42. The van der Waals surface area contributed by atoms with E-state index in [1.807, 2.05) is 13.0 Å². The van der Waals surface area contributed by atoms with Gasteiger partial charge in [-0.3, -0.25) is 4.79 Å². The molecule has 3 rings (SSSR count). The summed E-state index contributed by atoms with van der Waals surface area (Å²) in [4.78, 5) is 14.5. The monoisotopic (exact) mass is 307 g/mol. The maximum absolute atomic E-state index is 12.8. The molecule has 1 aromatic rings. The molecule has 2 unspecified atom stereocenters. The minimum Gasteiger partial charge on any atom is -0.397 e. The number of nitrogens with one attached hydrogen (secondary N) is 1. The van der Waals surface area contributed by atoms with Gasteiger partial charge in [0.2, 0.25) is 5.91 Å². The van der Waals surface area contributed by atoms with Crippen LogP contribution in [0.2, 0.25) is 5.02 Å². The lowest BCUT2D eigenvalue weighted by Crippen LogP contribution is -2.48. The van der Waals surface area contributed by atoms with Crippen molar-refractivity contribution in [3.05, 3.63) is 22.7 Å². The first-order valence-corrected chi connectivity index (χ1v) is 7.36. The van der Waals surface area contributed by atoms with Crippen LogP contribution in [0.3, 0.4) is 0 Å². The molecule has 2 atom stereocenters. The van der Waals surface area contributed by atoms with Crippen molar-refractivity contribution in [2.75, 3.05) is 23.7 Å². The van der Waals surface area contributed by atoms with Crippen molar-refractivity contribution in [2.45, 2.75) is 19.4 Å². The zero-order valence-electron chi connectivity index (χ0n) is 11.8. The maximum Gasteiger partial charge on any atom is 0.238 e. The van der Waals surface area contributed by atoms with E-state index >= 15 is 0 Å². The van der Waals surface area contributed by atoms with Crippen molar-refractivity contribution >= 4 is 34.6 Å². The van der Waals surface area contributed by atoms with E-state index in [1.54, 1.807) is 11.0 Å². The zero-order valence-corrected chi connectivity index (χ0v) is 12.5. The molecular formula is C14H18ClN5O. The van der Waals surface area contributed by atoms with Crippen LogP contribution in [0.15, 0.2) is 17.2 Å². The number of anilines is 2. The van der Waals surface area contributed by atoms with Crippen molar-refractivity contribution < 1.29 is 4.79 Å². The quantitative estimate of drug-likeness (QED) is 0.724. The van der Waals surface area contributed by atoms with Crippen LogP contribution < -0.4 is 21.8 Å². The van der Waals surface area contributed by atoms with E-state index in [9.17, 15) is 4.79 Å². The van der Waals surface area contributed by atoms with Gasteiger partial charge in [0.25, 0.3) is 0 Å². The molecule has 0 fully saturated rings. The van der Waals surface area contributed by atoms with Gasteiger partial charge in [0.15, 0.2) is 0 Å². The van der Waals surface area contributed by atoms with Crippen molar-refractivity contribution in [1.82, 2.24) is 5.43 Å². The van der Waals surface area contributed by atoms with Gasteiger partial charge in [0, 0.05) is 17.1 Å². The largest absolute Gasteiger partial charge is 0.397 e. The Morgan fingerprint density at radius 2 is 2.24 bits per heavy atom. The Labute approximate surface area is 128 Å². The maximum atomic E-state index is 12.8. The highest BCUT2D eigenvalue weighted by molar-refractivity contribution is 6.33. The third kappa shape index (κ3) is 2.15. The number of rotatable bonds is 3. The van der Waals surface area contributed by atoms with Crippen molar-refractivity contribution in [2.24, 2.45) is 16.8 Å². The number of carbonyl (C=O) groups excluding carboxylic acids is 1. The summed E-state index contributed by atoms with van der Waals surface area (Å²) in [7, 11) is 0. The van der Waals surface area contributed by atoms with Crippen LogP contribution in [-0.2, 0) is 4.79 Å². The molecular weight excluding hydrogens is 290 g/mol. The van der Waals surface area contributed by atoms with E-state index in [2.05, 4.69) is 10.5 Å². The predicted molar refractivity (Wildman–Crippen MR) is 84.5 cm³/mol. The molecule has 5 N–H and O–H groups in total. The summed E-state index contributed by atoms with van der Waals surface area (Å²) >= 11 is 6.12. The molecule has 0 radical (unpaired) electrons. The summed E-state index contributed by atoms with van der Waals surface area (Å²) in [5.74, 6) is -0.283. The lowest BCUT2D eigenvalue weighted by molar-refractivity contribution is -0.121. The fourth-order valence-corrected chi connectivity index (χ4v) is 3.20. The third-order valence-corrected chi connectivity index (χ3v) is 4.17. The Hall–Kier alpha value is -1.79. The van der Waals surface area contributed by atoms with Gasteiger partial charge in [-0.2, -0.15) is 5.10 Å². The molecule has 0 aromatic heterocycles. The van der Waals surface area contributed by atoms with E-state index in [1.165, 1.54) is 0 Å². The molecule has 2 aliphatic rings. The molecule has 7 heteroatoms. The topological polar surface area (TPSA) is 96.7 Å². The number of halogens is 1. The van der Waals surface area contributed by atoms with Crippen molar-refractivity contribution in [3.63, 3.8) is 0 Å². The van der Waals surface area contributed by atoms with E-state index in [0.29, 0.717) is 35.9 Å². The van der Waals surface area contributed by atoms with Crippen molar-refractivity contribution in [3.8, 4) is 0 Å².